The molecule has 0 aliphatic heterocycles. The molecule has 0 saturated heterocycles. The second kappa shape index (κ2) is 12.2. The van der Waals surface area contributed by atoms with Gasteiger partial charge in [0.2, 0.25) is 0 Å². The summed E-state index contributed by atoms with van der Waals surface area (Å²) in [5.41, 5.74) is 8.38. The average Bonchev–Trinajstić information content (AvgIpc) is 2.92. The van der Waals surface area contributed by atoms with Crippen LogP contribution in [-0.4, -0.2) is 54.8 Å². The van der Waals surface area contributed by atoms with E-state index in [4.69, 9.17) is 18.8 Å². The van der Waals surface area contributed by atoms with Crippen molar-refractivity contribution < 1.29 is 8.85 Å². The molecule has 0 aliphatic carbocycles. The summed E-state index contributed by atoms with van der Waals surface area (Å²) in [5.74, 6) is 0. The molecule has 0 unspecified atom stereocenters. The predicted octanol–water partition coefficient (Wildman–Crippen LogP) is 9.63. The van der Waals surface area contributed by atoms with E-state index in [-0.39, 0.29) is 10.1 Å². The Morgan fingerprint density at radius 1 is 0.545 bits per heavy atom. The molecule has 0 saturated carbocycles. The highest BCUT2D eigenvalue weighted by molar-refractivity contribution is 6.74. The summed E-state index contributed by atoms with van der Waals surface area (Å²) in [6.45, 7) is 23.8. The van der Waals surface area contributed by atoms with Gasteiger partial charge in [-0.3, -0.25) is 0 Å². The van der Waals surface area contributed by atoms with Crippen LogP contribution in [0.4, 0.5) is 11.4 Å². The fourth-order valence-corrected chi connectivity index (χ4v) is 6.66. The summed E-state index contributed by atoms with van der Waals surface area (Å²) in [5, 5.41) is 2.54. The lowest BCUT2D eigenvalue weighted by Crippen LogP contribution is -2.40. The maximum absolute atomic E-state index is 6.55. The van der Waals surface area contributed by atoms with Crippen LogP contribution in [0, 0.1) is 0 Å². The Hall–Kier alpha value is -2.79. The average molecular weight is 631 g/mol. The number of pyridine rings is 2. The third kappa shape index (κ3) is 6.88. The van der Waals surface area contributed by atoms with Crippen LogP contribution in [0.2, 0.25) is 36.3 Å². The first-order valence-corrected chi connectivity index (χ1v) is 21.5. The van der Waals surface area contributed by atoms with Crippen molar-refractivity contribution in [3.05, 3.63) is 59.9 Å². The zero-order chi connectivity index (χ0) is 32.8. The van der Waals surface area contributed by atoms with Crippen molar-refractivity contribution in [2.24, 2.45) is 0 Å². The van der Waals surface area contributed by atoms with Gasteiger partial charge in [-0.2, -0.15) is 0 Å². The van der Waals surface area contributed by atoms with Gasteiger partial charge in [0.15, 0.2) is 16.6 Å². The summed E-state index contributed by atoms with van der Waals surface area (Å²) in [6.07, 6.45) is 0. The van der Waals surface area contributed by atoms with Gasteiger partial charge >= 0.3 is 0 Å². The topological polar surface area (TPSA) is 50.7 Å². The van der Waals surface area contributed by atoms with Crippen molar-refractivity contribution in [2.45, 2.75) is 91.0 Å². The maximum atomic E-state index is 6.55. The highest BCUT2D eigenvalue weighted by Crippen LogP contribution is 2.41. The van der Waals surface area contributed by atoms with Crippen LogP contribution in [0.3, 0.4) is 0 Å². The van der Waals surface area contributed by atoms with Crippen LogP contribution >= 0.6 is 0 Å². The Kier molecular flexibility index (Phi) is 9.45. The Morgan fingerprint density at radius 2 is 0.886 bits per heavy atom. The number of benzene rings is 2. The van der Waals surface area contributed by atoms with Crippen LogP contribution in [0.15, 0.2) is 48.5 Å². The molecule has 6 nitrogen and oxygen atoms in total. The quantitative estimate of drug-likeness (QED) is 0.172. The van der Waals surface area contributed by atoms with Gasteiger partial charge in [-0.1, -0.05) is 65.8 Å². The van der Waals surface area contributed by atoms with Gasteiger partial charge in [-0.05, 0) is 71.7 Å². The molecule has 44 heavy (non-hydrogen) atoms. The predicted molar refractivity (Wildman–Crippen MR) is 195 cm³/mol. The van der Waals surface area contributed by atoms with Crippen LogP contribution in [0.1, 0.15) is 52.9 Å². The van der Waals surface area contributed by atoms with Crippen LogP contribution < -0.4 is 9.80 Å². The summed E-state index contributed by atoms with van der Waals surface area (Å²) in [7, 11) is 4.51. The van der Waals surface area contributed by atoms with E-state index in [0.717, 1.165) is 55.7 Å². The number of aromatic nitrogens is 2. The minimum Gasteiger partial charge on any atom is -0.411 e. The molecule has 4 aromatic rings. The summed E-state index contributed by atoms with van der Waals surface area (Å²) in [4.78, 5) is 14.7. The molecule has 0 aliphatic rings. The van der Waals surface area contributed by atoms with E-state index in [1.807, 2.05) is 0 Å². The first-order valence-electron chi connectivity index (χ1n) is 15.7. The molecule has 0 bridgehead atoms. The molecule has 2 aromatic carbocycles. The van der Waals surface area contributed by atoms with Crippen molar-refractivity contribution in [1.29, 1.82) is 0 Å². The molecule has 238 valence electrons. The molecular formula is C36H54N4O2Si2. The lowest BCUT2D eigenvalue weighted by molar-refractivity contribution is 0.272. The van der Waals surface area contributed by atoms with E-state index >= 15 is 0 Å². The highest BCUT2D eigenvalue weighted by atomic mass is 28.4. The number of fused-ring (bicyclic) bond motifs is 2. The standard InChI is InChI=1S/C36H54N4O2Si2/c1-35(2,3)43(11,12)41-23-25-15-17-29-27(19-21-31(39(7)8)33(29)37-25)28-20-22-32(40(9)10)34-30(28)18-16-26(38-34)24-42-44(13,14)36(4,5)6/h15-22H,23-24H2,1-14H3. The molecule has 8 heteroatoms. The fourth-order valence-electron chi connectivity index (χ4n) is 4.78. The minimum absolute atomic E-state index is 0.149. The van der Waals surface area contributed by atoms with Gasteiger partial charge < -0.3 is 18.7 Å². The van der Waals surface area contributed by atoms with Crippen LogP contribution in [0.25, 0.3) is 32.9 Å². The number of rotatable bonds is 9. The molecule has 0 radical (unpaired) electrons. The molecular weight excluding hydrogens is 577 g/mol. The monoisotopic (exact) mass is 630 g/mol. The molecule has 4 rings (SSSR count). The zero-order valence-electron chi connectivity index (χ0n) is 29.6. The van der Waals surface area contributed by atoms with Crippen molar-refractivity contribution in [1.82, 2.24) is 9.97 Å². The molecule has 0 spiro atoms. The lowest BCUT2D eigenvalue weighted by atomic mass is 9.95. The van der Waals surface area contributed by atoms with E-state index in [0.29, 0.717) is 13.2 Å². The molecule has 0 N–H and O–H groups in total. The normalized spacial score (nSPS) is 13.1. The third-order valence-corrected chi connectivity index (χ3v) is 18.8. The summed E-state index contributed by atoms with van der Waals surface area (Å²) >= 11 is 0. The first kappa shape index (κ1) is 34.1. The van der Waals surface area contributed by atoms with Gasteiger partial charge in [0.05, 0.1) is 47.0 Å². The van der Waals surface area contributed by atoms with Crippen molar-refractivity contribution in [3.8, 4) is 11.1 Å². The number of hydrogen-bond donors (Lipinski definition) is 0. The van der Waals surface area contributed by atoms with E-state index in [9.17, 15) is 0 Å². The van der Waals surface area contributed by atoms with Crippen molar-refractivity contribution >= 4 is 49.8 Å². The van der Waals surface area contributed by atoms with E-state index < -0.39 is 16.6 Å². The highest BCUT2D eigenvalue weighted by Gasteiger charge is 2.38. The number of hydrogen-bond acceptors (Lipinski definition) is 6. The minimum atomic E-state index is -1.90. The Labute approximate surface area is 268 Å². The lowest BCUT2D eigenvalue weighted by Gasteiger charge is -2.36. The van der Waals surface area contributed by atoms with Crippen molar-refractivity contribution in [2.75, 3.05) is 38.0 Å². The molecule has 0 atom stereocenters. The Balaban J connectivity index is 1.82. The fraction of sp³-hybridized carbons (Fsp3) is 0.500. The number of nitrogens with zero attached hydrogens (tertiary/aromatic N) is 4. The first-order chi connectivity index (χ1) is 20.2. The van der Waals surface area contributed by atoms with Gasteiger partial charge in [0, 0.05) is 39.0 Å². The van der Waals surface area contributed by atoms with Gasteiger partial charge in [0.25, 0.3) is 0 Å². The number of anilines is 2. The second-order valence-corrected chi connectivity index (χ2v) is 25.2. The molecule has 2 heterocycles. The van der Waals surface area contributed by atoms with Crippen LogP contribution in [0.5, 0.6) is 0 Å². The molecule has 2 aromatic heterocycles. The van der Waals surface area contributed by atoms with Crippen LogP contribution in [-0.2, 0) is 22.1 Å². The summed E-state index contributed by atoms with van der Waals surface area (Å²) < 4.78 is 13.1. The van der Waals surface area contributed by atoms with Crippen molar-refractivity contribution in [3.63, 3.8) is 0 Å². The zero-order valence-corrected chi connectivity index (χ0v) is 31.6. The van der Waals surface area contributed by atoms with Gasteiger partial charge in [-0.15, -0.1) is 0 Å². The van der Waals surface area contributed by atoms with E-state index in [1.54, 1.807) is 0 Å². The Bertz CT molecular complexity index is 1530. The summed E-state index contributed by atoms with van der Waals surface area (Å²) in [6, 6.07) is 17.5. The van der Waals surface area contributed by atoms with Gasteiger partial charge in [-0.25, -0.2) is 9.97 Å². The van der Waals surface area contributed by atoms with Gasteiger partial charge in [0.1, 0.15) is 0 Å². The smallest absolute Gasteiger partial charge is 0.192 e. The third-order valence-electron chi connectivity index (χ3n) is 9.82. The van der Waals surface area contributed by atoms with E-state index in [1.165, 1.54) is 0 Å². The SMILES string of the molecule is CN(C)c1ccc(-c2ccc(N(C)C)c3nc(CO[Si](C)(C)C(C)(C)C)ccc23)c2ccc(CO[Si](C)(C)C(C)(C)C)nc12. The van der Waals surface area contributed by atoms with E-state index in [2.05, 4.69) is 154 Å². The maximum Gasteiger partial charge on any atom is 0.192 e. The molecule has 0 amide bonds. The second-order valence-electron chi connectivity index (χ2n) is 15.5. The molecule has 0 fully saturated rings. The largest absolute Gasteiger partial charge is 0.411 e. The Morgan fingerprint density at radius 3 is 1.18 bits per heavy atom.